The highest BCUT2D eigenvalue weighted by Gasteiger charge is 2.53. The van der Waals surface area contributed by atoms with Gasteiger partial charge in [0.25, 0.3) is 0 Å². The zero-order valence-corrected chi connectivity index (χ0v) is 16.5. The van der Waals surface area contributed by atoms with E-state index < -0.39 is 0 Å². The van der Waals surface area contributed by atoms with Crippen LogP contribution in [0.25, 0.3) is 0 Å². The molecule has 0 aromatic rings. The molecule has 1 aliphatic heterocycles. The van der Waals surface area contributed by atoms with Crippen LogP contribution in [0.4, 0.5) is 0 Å². The topological polar surface area (TPSA) is 30.5 Å². The summed E-state index contributed by atoms with van der Waals surface area (Å²) >= 11 is 0. The van der Waals surface area contributed by atoms with Crippen molar-refractivity contribution in [2.24, 2.45) is 0 Å². The summed E-state index contributed by atoms with van der Waals surface area (Å²) in [6.07, 6.45) is 15.2. The molecule has 0 spiro atoms. The van der Waals surface area contributed by atoms with Gasteiger partial charge < -0.3 is 14.6 Å². The smallest absolute Gasteiger partial charge is 0.399 e. The normalized spacial score (nSPS) is 24.6. The van der Waals surface area contributed by atoms with E-state index in [1.807, 2.05) is 13.0 Å². The maximum Gasteiger partial charge on any atom is 0.494 e. The fourth-order valence-corrected chi connectivity index (χ4v) is 2.78. The molecule has 4 heteroatoms. The number of rotatable bonds is 10. The minimum atomic E-state index is -0.302. The molecule has 1 unspecified atom stereocenters. The predicted molar refractivity (Wildman–Crippen MR) is 105 cm³/mol. The van der Waals surface area contributed by atoms with Crippen molar-refractivity contribution in [1.29, 1.82) is 0 Å². The molecule has 0 amide bonds. The quantitative estimate of drug-likeness (QED) is 0.352. The zero-order chi connectivity index (χ0) is 18.1. The molecule has 0 aromatic heterocycles. The lowest BCUT2D eigenvalue weighted by atomic mass is 9.77. The highest BCUT2D eigenvalue weighted by atomic mass is 16.7. The summed E-state index contributed by atoms with van der Waals surface area (Å²) in [7, 11) is -0.302. The summed E-state index contributed by atoms with van der Waals surface area (Å²) in [6.45, 7) is 14.7. The van der Waals surface area contributed by atoms with Gasteiger partial charge in [0.1, 0.15) is 0 Å². The van der Waals surface area contributed by atoms with Gasteiger partial charge in [0.2, 0.25) is 0 Å². The molecule has 1 fully saturated rings. The summed E-state index contributed by atoms with van der Waals surface area (Å²) in [5, 5.41) is 3.43. The van der Waals surface area contributed by atoms with Crippen molar-refractivity contribution in [1.82, 2.24) is 5.32 Å². The van der Waals surface area contributed by atoms with Crippen LogP contribution in [0, 0.1) is 0 Å². The summed E-state index contributed by atoms with van der Waals surface area (Å²) in [5.41, 5.74) is 0.505. The Labute approximate surface area is 149 Å². The molecule has 3 nitrogen and oxygen atoms in total. The van der Waals surface area contributed by atoms with Crippen LogP contribution in [-0.4, -0.2) is 31.4 Å². The number of allylic oxidation sites excluding steroid dienone is 5. The Morgan fingerprint density at radius 2 is 1.88 bits per heavy atom. The Morgan fingerprint density at radius 1 is 1.12 bits per heavy atom. The van der Waals surface area contributed by atoms with E-state index in [1.165, 1.54) is 19.3 Å². The first-order valence-corrected chi connectivity index (χ1v) is 9.46. The summed E-state index contributed by atoms with van der Waals surface area (Å²) in [4.78, 5) is 0. The lowest BCUT2D eigenvalue weighted by Gasteiger charge is -2.35. The molecule has 1 saturated heterocycles. The minimum Gasteiger partial charge on any atom is -0.399 e. The Hall–Kier alpha value is -0.835. The highest BCUT2D eigenvalue weighted by molar-refractivity contribution is 6.55. The molecule has 1 atom stereocenters. The maximum absolute atomic E-state index is 6.26. The molecule has 1 heterocycles. The summed E-state index contributed by atoms with van der Waals surface area (Å²) in [5.74, 6) is 0. The second-order valence-electron chi connectivity index (χ2n) is 7.17. The van der Waals surface area contributed by atoms with Gasteiger partial charge in [-0.3, -0.25) is 0 Å². The predicted octanol–water partition coefficient (Wildman–Crippen LogP) is 4.85. The first-order chi connectivity index (χ1) is 11.4. The molecule has 0 aliphatic carbocycles. The fourth-order valence-electron chi connectivity index (χ4n) is 2.78. The minimum absolute atomic E-state index is 0.261. The number of nitrogens with one attached hydrogen (secondary N) is 1. The Bertz CT molecular complexity index is 457. The van der Waals surface area contributed by atoms with Gasteiger partial charge in [0.05, 0.1) is 11.2 Å². The second-order valence-corrected chi connectivity index (χ2v) is 7.17. The van der Waals surface area contributed by atoms with Crippen LogP contribution in [0.2, 0.25) is 0 Å². The Morgan fingerprint density at radius 3 is 2.46 bits per heavy atom. The zero-order valence-electron chi connectivity index (χ0n) is 16.5. The third-order valence-electron chi connectivity index (χ3n) is 4.99. The van der Waals surface area contributed by atoms with E-state index >= 15 is 0 Å². The first-order valence-electron chi connectivity index (χ1n) is 9.46. The van der Waals surface area contributed by atoms with Crippen LogP contribution >= 0.6 is 0 Å². The molecule has 0 radical (unpaired) electrons. The van der Waals surface area contributed by atoms with Crippen LogP contribution in [0.5, 0.6) is 0 Å². The van der Waals surface area contributed by atoms with E-state index in [0.717, 1.165) is 25.0 Å². The van der Waals surface area contributed by atoms with Gasteiger partial charge in [-0.05, 0) is 52.6 Å². The van der Waals surface area contributed by atoms with Crippen molar-refractivity contribution in [3.63, 3.8) is 0 Å². The van der Waals surface area contributed by atoms with Gasteiger partial charge in [-0.15, -0.1) is 0 Å². The van der Waals surface area contributed by atoms with E-state index in [1.54, 1.807) is 0 Å². The molecule has 0 bridgehead atoms. The van der Waals surface area contributed by atoms with Gasteiger partial charge in [0.15, 0.2) is 0 Å². The summed E-state index contributed by atoms with van der Waals surface area (Å²) in [6, 6.07) is 0. The number of hydrogen-bond donors (Lipinski definition) is 1. The molecule has 1 N–H and O–H groups in total. The first kappa shape index (κ1) is 21.2. The van der Waals surface area contributed by atoms with Crippen LogP contribution in [-0.2, 0) is 9.31 Å². The van der Waals surface area contributed by atoms with Crippen LogP contribution < -0.4 is 5.32 Å². The lowest BCUT2D eigenvalue weighted by molar-refractivity contribution is -0.0118. The molecular weight excluding hydrogens is 297 g/mol. The van der Waals surface area contributed by atoms with Crippen molar-refractivity contribution in [2.45, 2.75) is 78.4 Å². The Balaban J connectivity index is 2.61. The molecule has 1 aliphatic rings. The molecule has 0 aromatic carbocycles. The monoisotopic (exact) mass is 333 g/mol. The van der Waals surface area contributed by atoms with Crippen LogP contribution in [0.15, 0.2) is 35.9 Å². The van der Waals surface area contributed by atoms with Crippen molar-refractivity contribution in [3.05, 3.63) is 35.9 Å². The van der Waals surface area contributed by atoms with Crippen molar-refractivity contribution in [3.8, 4) is 0 Å². The summed E-state index contributed by atoms with van der Waals surface area (Å²) < 4.78 is 12.5. The van der Waals surface area contributed by atoms with Gasteiger partial charge in [-0.25, -0.2) is 0 Å². The largest absolute Gasteiger partial charge is 0.494 e. The Kier molecular flexibility index (Phi) is 9.03. The fraction of sp³-hybridized carbons (Fsp3) is 0.700. The maximum atomic E-state index is 6.26. The highest BCUT2D eigenvalue weighted by Crippen LogP contribution is 2.41. The van der Waals surface area contributed by atoms with Crippen LogP contribution in [0.1, 0.15) is 67.2 Å². The standard InChI is InChI=1S/C20H36BNO2/c1-7-10-12-16-22-17-13-11-15-18(14-8-2)21-23-19(4,5)20(6,9-3)24-21/h8,11,13-15,22H,7,9-10,12,16-17H2,1-6H3/b13-11+,14-8-,18-15+. The van der Waals surface area contributed by atoms with Gasteiger partial charge in [0, 0.05) is 6.54 Å². The van der Waals surface area contributed by atoms with E-state index in [2.05, 4.69) is 64.2 Å². The van der Waals surface area contributed by atoms with Gasteiger partial charge in [-0.1, -0.05) is 57.1 Å². The van der Waals surface area contributed by atoms with E-state index in [-0.39, 0.29) is 18.3 Å². The molecular formula is C20H36BNO2. The molecule has 0 saturated carbocycles. The second kappa shape index (κ2) is 10.2. The van der Waals surface area contributed by atoms with Crippen molar-refractivity contribution >= 4 is 7.12 Å². The van der Waals surface area contributed by atoms with E-state index in [0.29, 0.717) is 0 Å². The van der Waals surface area contributed by atoms with E-state index in [9.17, 15) is 0 Å². The number of unbranched alkanes of at least 4 members (excludes halogenated alkanes) is 2. The van der Waals surface area contributed by atoms with Gasteiger partial charge in [-0.2, -0.15) is 0 Å². The number of hydrogen-bond acceptors (Lipinski definition) is 3. The van der Waals surface area contributed by atoms with Gasteiger partial charge >= 0.3 is 7.12 Å². The lowest BCUT2D eigenvalue weighted by Crippen LogP contribution is -2.44. The average Bonchev–Trinajstić information content (AvgIpc) is 2.79. The average molecular weight is 333 g/mol. The van der Waals surface area contributed by atoms with Crippen molar-refractivity contribution < 1.29 is 9.31 Å². The third kappa shape index (κ3) is 5.91. The molecule has 24 heavy (non-hydrogen) atoms. The molecule has 136 valence electrons. The SMILES string of the molecule is C\C=C/C(=C\C=C\CNCCCCC)B1OC(C)(C)C(C)(CC)O1. The van der Waals surface area contributed by atoms with Crippen LogP contribution in [0.3, 0.4) is 0 Å². The third-order valence-corrected chi connectivity index (χ3v) is 4.99. The van der Waals surface area contributed by atoms with E-state index in [4.69, 9.17) is 9.31 Å². The van der Waals surface area contributed by atoms with Crippen molar-refractivity contribution in [2.75, 3.05) is 13.1 Å². The molecule has 1 rings (SSSR count).